The van der Waals surface area contributed by atoms with E-state index in [4.69, 9.17) is 11.6 Å². The summed E-state index contributed by atoms with van der Waals surface area (Å²) in [5.74, 6) is 0. The van der Waals surface area contributed by atoms with Gasteiger partial charge in [0, 0.05) is 29.3 Å². The molecule has 3 aromatic rings. The first kappa shape index (κ1) is 12.9. The van der Waals surface area contributed by atoms with Crippen molar-refractivity contribution in [3.63, 3.8) is 0 Å². The summed E-state index contributed by atoms with van der Waals surface area (Å²) in [7, 11) is 2.06. The molecular weight excluding hydrogens is 268 g/mol. The van der Waals surface area contributed by atoms with Crippen LogP contribution in [0, 0.1) is 6.92 Å². The van der Waals surface area contributed by atoms with Gasteiger partial charge in [0.2, 0.25) is 0 Å². The number of fused-ring (bicyclic) bond motifs is 1. The lowest BCUT2D eigenvalue weighted by Crippen LogP contribution is -2.10. The highest BCUT2D eigenvalue weighted by molar-refractivity contribution is 6.31. The average molecular weight is 283 g/mol. The van der Waals surface area contributed by atoms with Crippen LogP contribution in [0.3, 0.4) is 0 Å². The van der Waals surface area contributed by atoms with Crippen molar-refractivity contribution < 1.29 is 0 Å². The van der Waals surface area contributed by atoms with Crippen molar-refractivity contribution >= 4 is 33.9 Å². The molecule has 1 aromatic heterocycles. The number of anilines is 2. The molecule has 0 atom stereocenters. The van der Waals surface area contributed by atoms with Crippen molar-refractivity contribution in [1.82, 2.24) is 4.98 Å². The van der Waals surface area contributed by atoms with Crippen LogP contribution in [0.15, 0.2) is 54.7 Å². The van der Waals surface area contributed by atoms with Gasteiger partial charge in [-0.25, -0.2) is 0 Å². The minimum Gasteiger partial charge on any atom is -0.344 e. The fourth-order valence-electron chi connectivity index (χ4n) is 2.31. The maximum atomic E-state index is 6.03. The van der Waals surface area contributed by atoms with Gasteiger partial charge in [-0.3, -0.25) is 4.98 Å². The Balaban J connectivity index is 2.11. The highest BCUT2D eigenvalue weighted by atomic mass is 35.5. The maximum Gasteiger partial charge on any atom is 0.0737 e. The summed E-state index contributed by atoms with van der Waals surface area (Å²) in [5.41, 5.74) is 4.44. The van der Waals surface area contributed by atoms with Gasteiger partial charge in [-0.15, -0.1) is 0 Å². The molecule has 2 nitrogen and oxygen atoms in total. The van der Waals surface area contributed by atoms with Gasteiger partial charge >= 0.3 is 0 Å². The molecule has 0 unspecified atom stereocenters. The average Bonchev–Trinajstić information content (AvgIpc) is 2.46. The van der Waals surface area contributed by atoms with E-state index in [1.54, 1.807) is 0 Å². The van der Waals surface area contributed by atoms with Crippen LogP contribution in [0.25, 0.3) is 10.9 Å². The van der Waals surface area contributed by atoms with E-state index in [0.717, 1.165) is 22.3 Å². The van der Waals surface area contributed by atoms with Crippen LogP contribution in [0.2, 0.25) is 5.02 Å². The molecule has 0 saturated carbocycles. The topological polar surface area (TPSA) is 16.1 Å². The van der Waals surface area contributed by atoms with Crippen LogP contribution in [0.5, 0.6) is 0 Å². The predicted molar refractivity (Wildman–Crippen MR) is 86.0 cm³/mol. The number of halogens is 1. The minimum atomic E-state index is 0.708. The summed E-state index contributed by atoms with van der Waals surface area (Å²) in [6.45, 7) is 2.09. The molecule has 0 radical (unpaired) electrons. The summed E-state index contributed by atoms with van der Waals surface area (Å²) >= 11 is 6.03. The molecule has 2 aromatic carbocycles. The number of nitrogens with zero attached hydrogens (tertiary/aromatic N) is 2. The van der Waals surface area contributed by atoms with Crippen LogP contribution >= 0.6 is 11.6 Å². The third-order valence-electron chi connectivity index (χ3n) is 3.46. The second-order valence-electron chi connectivity index (χ2n) is 4.89. The number of hydrogen-bond donors (Lipinski definition) is 0. The zero-order valence-corrected chi connectivity index (χ0v) is 12.2. The van der Waals surface area contributed by atoms with Crippen LogP contribution in [-0.4, -0.2) is 12.0 Å². The van der Waals surface area contributed by atoms with E-state index in [1.807, 2.05) is 30.5 Å². The van der Waals surface area contributed by atoms with Crippen molar-refractivity contribution in [2.24, 2.45) is 0 Å². The van der Waals surface area contributed by atoms with Crippen LogP contribution in [0.1, 0.15) is 5.56 Å². The number of benzene rings is 2. The predicted octanol–water partition coefficient (Wildman–Crippen LogP) is 4.96. The lowest BCUT2D eigenvalue weighted by atomic mass is 10.1. The molecule has 0 amide bonds. The van der Waals surface area contributed by atoms with Gasteiger partial charge < -0.3 is 4.90 Å². The molecule has 0 spiro atoms. The third kappa shape index (κ3) is 2.35. The molecule has 0 aliphatic rings. The number of hydrogen-bond acceptors (Lipinski definition) is 2. The van der Waals surface area contributed by atoms with E-state index in [2.05, 4.69) is 48.1 Å². The van der Waals surface area contributed by atoms with Crippen molar-refractivity contribution in [3.8, 4) is 0 Å². The summed E-state index contributed by atoms with van der Waals surface area (Å²) in [6.07, 6.45) is 1.82. The molecule has 3 heteroatoms. The van der Waals surface area contributed by atoms with Crippen LogP contribution < -0.4 is 4.90 Å². The normalized spacial score (nSPS) is 10.8. The monoisotopic (exact) mass is 282 g/mol. The Morgan fingerprint density at radius 2 is 1.75 bits per heavy atom. The van der Waals surface area contributed by atoms with E-state index in [1.165, 1.54) is 5.56 Å². The second-order valence-corrected chi connectivity index (χ2v) is 5.32. The number of aromatic nitrogens is 1. The smallest absolute Gasteiger partial charge is 0.0737 e. The van der Waals surface area contributed by atoms with Gasteiger partial charge in [0.15, 0.2) is 0 Å². The Kier molecular flexibility index (Phi) is 3.33. The van der Waals surface area contributed by atoms with Crippen molar-refractivity contribution in [1.29, 1.82) is 0 Å². The lowest BCUT2D eigenvalue weighted by Gasteiger charge is -2.21. The molecule has 3 rings (SSSR count). The van der Waals surface area contributed by atoms with Crippen LogP contribution in [0.4, 0.5) is 11.4 Å². The highest BCUT2D eigenvalue weighted by Crippen LogP contribution is 2.31. The fraction of sp³-hybridized carbons (Fsp3) is 0.118. The number of rotatable bonds is 2. The van der Waals surface area contributed by atoms with Gasteiger partial charge in [0.25, 0.3) is 0 Å². The summed E-state index contributed by atoms with van der Waals surface area (Å²) in [4.78, 5) is 6.55. The molecule has 0 bridgehead atoms. The molecule has 0 aliphatic heterocycles. The molecule has 1 heterocycles. The summed E-state index contributed by atoms with van der Waals surface area (Å²) < 4.78 is 0. The quantitative estimate of drug-likeness (QED) is 0.660. The Hall–Kier alpha value is -2.06. The minimum absolute atomic E-state index is 0.708. The summed E-state index contributed by atoms with van der Waals surface area (Å²) in [6, 6.07) is 16.3. The Morgan fingerprint density at radius 1 is 1.00 bits per heavy atom. The van der Waals surface area contributed by atoms with E-state index >= 15 is 0 Å². The van der Waals surface area contributed by atoms with Crippen LogP contribution in [-0.2, 0) is 0 Å². The van der Waals surface area contributed by atoms with Gasteiger partial charge in [0.05, 0.1) is 11.2 Å². The SMILES string of the molecule is Cc1ccc(N(C)c2ccnc3cc(Cl)ccc23)cc1. The molecule has 0 saturated heterocycles. The largest absolute Gasteiger partial charge is 0.344 e. The molecule has 0 N–H and O–H groups in total. The van der Waals surface area contributed by atoms with Gasteiger partial charge in [0.1, 0.15) is 0 Å². The van der Waals surface area contributed by atoms with E-state index < -0.39 is 0 Å². The first-order chi connectivity index (χ1) is 9.65. The first-order valence-corrected chi connectivity index (χ1v) is 6.87. The second kappa shape index (κ2) is 5.14. The fourth-order valence-corrected chi connectivity index (χ4v) is 2.47. The van der Waals surface area contributed by atoms with E-state index in [0.29, 0.717) is 5.02 Å². The van der Waals surface area contributed by atoms with E-state index in [-0.39, 0.29) is 0 Å². The first-order valence-electron chi connectivity index (χ1n) is 6.50. The standard InChI is InChI=1S/C17H15ClN2/c1-12-3-6-14(7-4-12)20(2)17-9-10-19-16-11-13(18)5-8-15(16)17/h3-11H,1-2H3. The van der Waals surface area contributed by atoms with Gasteiger partial charge in [-0.1, -0.05) is 29.3 Å². The van der Waals surface area contributed by atoms with Gasteiger partial charge in [-0.05, 0) is 43.3 Å². The Labute approximate surface area is 123 Å². The zero-order chi connectivity index (χ0) is 14.1. The highest BCUT2D eigenvalue weighted by Gasteiger charge is 2.08. The van der Waals surface area contributed by atoms with Crippen molar-refractivity contribution in [2.45, 2.75) is 6.92 Å². The molecule has 0 fully saturated rings. The zero-order valence-electron chi connectivity index (χ0n) is 11.5. The molecular formula is C17H15ClN2. The third-order valence-corrected chi connectivity index (χ3v) is 3.70. The Bertz CT molecular complexity index is 751. The Morgan fingerprint density at radius 3 is 2.50 bits per heavy atom. The number of pyridine rings is 1. The van der Waals surface area contributed by atoms with Crippen molar-refractivity contribution in [2.75, 3.05) is 11.9 Å². The molecule has 100 valence electrons. The lowest BCUT2D eigenvalue weighted by molar-refractivity contribution is 1.21. The number of aryl methyl sites for hydroxylation is 1. The molecule has 20 heavy (non-hydrogen) atoms. The molecule has 0 aliphatic carbocycles. The van der Waals surface area contributed by atoms with Gasteiger partial charge in [-0.2, -0.15) is 0 Å². The van der Waals surface area contributed by atoms with Crippen molar-refractivity contribution in [3.05, 3.63) is 65.3 Å². The van der Waals surface area contributed by atoms with E-state index in [9.17, 15) is 0 Å². The summed E-state index contributed by atoms with van der Waals surface area (Å²) in [5, 5.41) is 1.81. The maximum absolute atomic E-state index is 6.03.